The molecule has 1 unspecified atom stereocenters. The fourth-order valence-electron chi connectivity index (χ4n) is 1.30. The van der Waals surface area contributed by atoms with Gasteiger partial charge in [-0.15, -0.1) is 0 Å². The number of aryl methyl sites for hydroxylation is 1. The van der Waals surface area contributed by atoms with E-state index in [-0.39, 0.29) is 0 Å². The highest BCUT2D eigenvalue weighted by Gasteiger charge is 2.21. The van der Waals surface area contributed by atoms with Crippen LogP contribution in [0.25, 0.3) is 0 Å². The van der Waals surface area contributed by atoms with E-state index in [1.807, 2.05) is 25.1 Å². The standard InChI is InChI=1S/C11H12O2/c1-9-5-3-4-6-10(9)11(2,13)7-8-12/h3-6,12-13H,1-2H3. The first kappa shape index (κ1) is 9.63. The molecule has 0 bridgehead atoms. The lowest BCUT2D eigenvalue weighted by molar-refractivity contribution is 0.120. The van der Waals surface area contributed by atoms with Gasteiger partial charge in [-0.3, -0.25) is 0 Å². The summed E-state index contributed by atoms with van der Waals surface area (Å²) in [4.78, 5) is 0. The van der Waals surface area contributed by atoms with Gasteiger partial charge in [-0.05, 0) is 30.9 Å². The SMILES string of the molecule is Cc1ccccc1C(C)(O)C#CO. The Morgan fingerprint density at radius 3 is 2.46 bits per heavy atom. The lowest BCUT2D eigenvalue weighted by atomic mass is 9.93. The third-order valence-electron chi connectivity index (χ3n) is 1.97. The normalized spacial score (nSPS) is 14.1. The van der Waals surface area contributed by atoms with Crippen LogP contribution in [0.4, 0.5) is 0 Å². The molecule has 2 heteroatoms. The van der Waals surface area contributed by atoms with Crippen LogP contribution in [0.1, 0.15) is 18.1 Å². The van der Waals surface area contributed by atoms with Crippen LogP contribution in [0.2, 0.25) is 0 Å². The van der Waals surface area contributed by atoms with Gasteiger partial charge in [0.25, 0.3) is 0 Å². The minimum absolute atomic E-state index is 0.719. The van der Waals surface area contributed by atoms with Crippen molar-refractivity contribution in [3.05, 3.63) is 35.4 Å². The van der Waals surface area contributed by atoms with Crippen molar-refractivity contribution in [1.29, 1.82) is 0 Å². The first-order valence-corrected chi connectivity index (χ1v) is 4.02. The lowest BCUT2D eigenvalue weighted by Crippen LogP contribution is -2.19. The molecule has 0 radical (unpaired) electrons. The summed E-state index contributed by atoms with van der Waals surface area (Å²) in [5.41, 5.74) is 0.395. The highest BCUT2D eigenvalue weighted by Crippen LogP contribution is 2.22. The Bertz CT molecular complexity index is 356. The number of hydrogen-bond donors (Lipinski definition) is 2. The maximum Gasteiger partial charge on any atom is 0.151 e. The van der Waals surface area contributed by atoms with Crippen LogP contribution in [0.15, 0.2) is 24.3 Å². The van der Waals surface area contributed by atoms with Crippen molar-refractivity contribution in [2.24, 2.45) is 0 Å². The van der Waals surface area contributed by atoms with E-state index in [2.05, 4.69) is 5.92 Å². The van der Waals surface area contributed by atoms with Gasteiger partial charge in [-0.1, -0.05) is 24.3 Å². The molecule has 0 spiro atoms. The molecule has 0 saturated carbocycles. The van der Waals surface area contributed by atoms with Gasteiger partial charge in [0.1, 0.15) is 6.11 Å². The number of aliphatic hydroxyl groups excluding tert-OH is 1. The van der Waals surface area contributed by atoms with Crippen molar-refractivity contribution in [1.82, 2.24) is 0 Å². The maximum atomic E-state index is 9.83. The number of hydrogen-bond acceptors (Lipinski definition) is 2. The van der Waals surface area contributed by atoms with E-state index in [9.17, 15) is 5.11 Å². The molecule has 0 amide bonds. The molecule has 0 aliphatic carbocycles. The van der Waals surface area contributed by atoms with Crippen LogP contribution in [-0.4, -0.2) is 10.2 Å². The quantitative estimate of drug-likeness (QED) is 0.637. The van der Waals surface area contributed by atoms with Gasteiger partial charge in [0.05, 0.1) is 0 Å². The Labute approximate surface area is 77.8 Å². The maximum absolute atomic E-state index is 9.83. The molecule has 2 nitrogen and oxygen atoms in total. The smallest absolute Gasteiger partial charge is 0.151 e. The van der Waals surface area contributed by atoms with Gasteiger partial charge in [-0.25, -0.2) is 0 Å². The summed E-state index contributed by atoms with van der Waals surface area (Å²) in [6.45, 7) is 3.45. The second-order valence-electron chi connectivity index (χ2n) is 3.12. The lowest BCUT2D eigenvalue weighted by Gasteiger charge is -2.18. The van der Waals surface area contributed by atoms with Crippen molar-refractivity contribution < 1.29 is 10.2 Å². The molecular formula is C11H12O2. The molecule has 2 N–H and O–H groups in total. The number of aliphatic hydroxyl groups is 2. The van der Waals surface area contributed by atoms with Crippen LogP contribution < -0.4 is 0 Å². The van der Waals surface area contributed by atoms with Crippen molar-refractivity contribution in [3.63, 3.8) is 0 Å². The number of rotatable bonds is 1. The average Bonchev–Trinajstić information content (AvgIpc) is 2.04. The third-order valence-corrected chi connectivity index (χ3v) is 1.97. The minimum Gasteiger partial charge on any atom is -0.462 e. The zero-order valence-electron chi connectivity index (χ0n) is 7.70. The van der Waals surface area contributed by atoms with Gasteiger partial charge >= 0.3 is 0 Å². The van der Waals surface area contributed by atoms with E-state index < -0.39 is 5.60 Å². The zero-order chi connectivity index (χ0) is 9.90. The summed E-state index contributed by atoms with van der Waals surface area (Å²) in [6.07, 6.45) is 1.73. The van der Waals surface area contributed by atoms with Gasteiger partial charge in [0.15, 0.2) is 5.60 Å². The third kappa shape index (κ3) is 2.01. The topological polar surface area (TPSA) is 40.5 Å². The fraction of sp³-hybridized carbons (Fsp3) is 0.273. The van der Waals surface area contributed by atoms with Gasteiger partial charge in [0, 0.05) is 0 Å². The van der Waals surface area contributed by atoms with E-state index in [1.54, 1.807) is 19.1 Å². The van der Waals surface area contributed by atoms with Crippen molar-refractivity contribution in [2.75, 3.05) is 0 Å². The second kappa shape index (κ2) is 3.51. The molecule has 1 rings (SSSR count). The molecule has 1 aromatic rings. The molecule has 0 fully saturated rings. The first-order chi connectivity index (χ1) is 6.08. The Kier molecular flexibility index (Phi) is 2.60. The molecule has 0 aliphatic rings. The first-order valence-electron chi connectivity index (χ1n) is 4.02. The summed E-state index contributed by atoms with van der Waals surface area (Å²) in [5.74, 6) is 2.34. The fourth-order valence-corrected chi connectivity index (χ4v) is 1.30. The Morgan fingerprint density at radius 1 is 1.31 bits per heavy atom. The molecule has 0 heterocycles. The predicted octanol–water partition coefficient (Wildman–Crippen LogP) is 1.54. The van der Waals surface area contributed by atoms with Gasteiger partial charge in [-0.2, -0.15) is 0 Å². The molecular weight excluding hydrogens is 164 g/mol. The molecule has 1 aromatic carbocycles. The largest absolute Gasteiger partial charge is 0.462 e. The molecule has 1 atom stereocenters. The van der Waals surface area contributed by atoms with Crippen LogP contribution in [-0.2, 0) is 5.60 Å². The highest BCUT2D eigenvalue weighted by atomic mass is 16.3. The van der Waals surface area contributed by atoms with Gasteiger partial charge in [0.2, 0.25) is 0 Å². The van der Waals surface area contributed by atoms with Crippen molar-refractivity contribution in [2.45, 2.75) is 19.4 Å². The van der Waals surface area contributed by atoms with Gasteiger partial charge < -0.3 is 10.2 Å². The zero-order valence-corrected chi connectivity index (χ0v) is 7.70. The predicted molar refractivity (Wildman–Crippen MR) is 50.5 cm³/mol. The summed E-state index contributed by atoms with van der Waals surface area (Å²) in [5, 5.41) is 18.3. The van der Waals surface area contributed by atoms with Crippen LogP contribution in [0.3, 0.4) is 0 Å². The summed E-state index contributed by atoms with van der Waals surface area (Å²) < 4.78 is 0. The van der Waals surface area contributed by atoms with E-state index in [0.717, 1.165) is 11.1 Å². The van der Waals surface area contributed by atoms with Crippen LogP contribution in [0, 0.1) is 19.0 Å². The van der Waals surface area contributed by atoms with Crippen LogP contribution >= 0.6 is 0 Å². The number of benzene rings is 1. The molecule has 0 aliphatic heterocycles. The Balaban J connectivity index is 3.19. The molecule has 0 aromatic heterocycles. The second-order valence-corrected chi connectivity index (χ2v) is 3.12. The van der Waals surface area contributed by atoms with Crippen molar-refractivity contribution in [3.8, 4) is 12.0 Å². The van der Waals surface area contributed by atoms with Crippen LogP contribution in [0.5, 0.6) is 0 Å². The minimum atomic E-state index is -1.28. The molecule has 13 heavy (non-hydrogen) atoms. The monoisotopic (exact) mass is 176 g/mol. The summed E-state index contributed by atoms with van der Waals surface area (Å²) in [6, 6.07) is 7.40. The average molecular weight is 176 g/mol. The Hall–Kier alpha value is -1.46. The van der Waals surface area contributed by atoms with E-state index in [4.69, 9.17) is 5.11 Å². The summed E-state index contributed by atoms with van der Waals surface area (Å²) >= 11 is 0. The van der Waals surface area contributed by atoms with E-state index in [0.29, 0.717) is 0 Å². The molecule has 68 valence electrons. The van der Waals surface area contributed by atoms with E-state index in [1.165, 1.54) is 0 Å². The van der Waals surface area contributed by atoms with E-state index >= 15 is 0 Å². The summed E-state index contributed by atoms with van der Waals surface area (Å²) in [7, 11) is 0. The highest BCUT2D eigenvalue weighted by molar-refractivity contribution is 5.36. The molecule has 0 saturated heterocycles. The Morgan fingerprint density at radius 2 is 1.92 bits per heavy atom. The van der Waals surface area contributed by atoms with Crippen molar-refractivity contribution >= 4 is 0 Å².